The lowest BCUT2D eigenvalue weighted by molar-refractivity contribution is 0.145. The fourth-order valence-corrected chi connectivity index (χ4v) is 1.79. The van der Waals surface area contributed by atoms with Crippen LogP contribution in [0.3, 0.4) is 0 Å². The van der Waals surface area contributed by atoms with Crippen LogP contribution in [0.25, 0.3) is 0 Å². The molecule has 0 bridgehead atoms. The second kappa shape index (κ2) is 4.49. The van der Waals surface area contributed by atoms with Gasteiger partial charge in [-0.1, -0.05) is 6.07 Å². The first-order valence-electron chi connectivity index (χ1n) is 5.23. The number of aromatic nitrogens is 1. The molecular weight excluding hydrogens is 192 g/mol. The molecule has 1 saturated heterocycles. The third kappa shape index (κ3) is 2.39. The number of piperidine rings is 1. The Kier molecular flexibility index (Phi) is 3.06. The van der Waals surface area contributed by atoms with E-state index in [9.17, 15) is 5.11 Å². The molecule has 0 atom stereocenters. The monoisotopic (exact) mass is 208 g/mol. The molecule has 0 amide bonds. The molecule has 0 radical (unpaired) electrons. The lowest BCUT2D eigenvalue weighted by Crippen LogP contribution is -2.36. The van der Waals surface area contributed by atoms with Gasteiger partial charge in [0.1, 0.15) is 5.82 Å². The van der Waals surface area contributed by atoms with Gasteiger partial charge in [0.05, 0.1) is 13.2 Å². The Hall–Kier alpha value is -1.29. The van der Waals surface area contributed by atoms with Gasteiger partial charge in [-0.05, 0) is 18.9 Å². The van der Waals surface area contributed by atoms with Crippen molar-refractivity contribution in [2.24, 2.45) is 0 Å². The van der Waals surface area contributed by atoms with Gasteiger partial charge in [0.15, 0.2) is 0 Å². The fraction of sp³-hybridized carbons (Fsp3) is 0.545. The van der Waals surface area contributed by atoms with E-state index >= 15 is 0 Å². The SMILES string of the molecule is COc1cccc(N2CCC(O)CC2)n1. The number of pyridine rings is 1. The summed E-state index contributed by atoms with van der Waals surface area (Å²) in [6, 6.07) is 5.74. The number of anilines is 1. The van der Waals surface area contributed by atoms with Crippen molar-refractivity contribution in [2.75, 3.05) is 25.1 Å². The molecule has 4 heteroatoms. The van der Waals surface area contributed by atoms with E-state index in [2.05, 4.69) is 9.88 Å². The van der Waals surface area contributed by atoms with Gasteiger partial charge >= 0.3 is 0 Å². The Morgan fingerprint density at radius 1 is 1.40 bits per heavy atom. The summed E-state index contributed by atoms with van der Waals surface area (Å²) in [5, 5.41) is 9.40. The van der Waals surface area contributed by atoms with Crippen LogP contribution in [0.4, 0.5) is 5.82 Å². The van der Waals surface area contributed by atoms with Gasteiger partial charge in [0.25, 0.3) is 0 Å². The molecule has 15 heavy (non-hydrogen) atoms. The molecule has 1 aromatic heterocycles. The second-order valence-corrected chi connectivity index (χ2v) is 3.76. The van der Waals surface area contributed by atoms with Gasteiger partial charge in [-0.15, -0.1) is 0 Å². The van der Waals surface area contributed by atoms with Crippen molar-refractivity contribution < 1.29 is 9.84 Å². The molecule has 2 rings (SSSR count). The Labute approximate surface area is 89.5 Å². The van der Waals surface area contributed by atoms with Crippen LogP contribution in [0, 0.1) is 0 Å². The van der Waals surface area contributed by atoms with Crippen molar-refractivity contribution in [3.8, 4) is 5.88 Å². The molecular formula is C11H16N2O2. The van der Waals surface area contributed by atoms with E-state index in [4.69, 9.17) is 4.74 Å². The van der Waals surface area contributed by atoms with Gasteiger partial charge < -0.3 is 14.7 Å². The van der Waals surface area contributed by atoms with Crippen LogP contribution in [-0.4, -0.2) is 36.4 Å². The first kappa shape index (κ1) is 10.2. The summed E-state index contributed by atoms with van der Waals surface area (Å²) in [6.45, 7) is 1.72. The molecule has 2 heterocycles. The number of aliphatic hydroxyl groups excluding tert-OH is 1. The molecule has 0 saturated carbocycles. The van der Waals surface area contributed by atoms with E-state index in [-0.39, 0.29) is 6.10 Å². The summed E-state index contributed by atoms with van der Waals surface area (Å²) in [7, 11) is 1.62. The van der Waals surface area contributed by atoms with E-state index in [1.807, 2.05) is 18.2 Å². The molecule has 1 fully saturated rings. The molecule has 1 aromatic rings. The molecule has 4 nitrogen and oxygen atoms in total. The maximum atomic E-state index is 9.40. The number of ether oxygens (including phenoxy) is 1. The fourth-order valence-electron chi connectivity index (χ4n) is 1.79. The first-order chi connectivity index (χ1) is 7.29. The summed E-state index contributed by atoms with van der Waals surface area (Å²) in [5.41, 5.74) is 0. The van der Waals surface area contributed by atoms with Gasteiger partial charge in [-0.25, -0.2) is 0 Å². The number of methoxy groups -OCH3 is 1. The summed E-state index contributed by atoms with van der Waals surface area (Å²) in [6.07, 6.45) is 1.49. The smallest absolute Gasteiger partial charge is 0.214 e. The van der Waals surface area contributed by atoms with Crippen LogP contribution >= 0.6 is 0 Å². The highest BCUT2D eigenvalue weighted by Crippen LogP contribution is 2.19. The minimum absolute atomic E-state index is 0.146. The van der Waals surface area contributed by atoms with Crippen molar-refractivity contribution in [1.29, 1.82) is 0 Å². The molecule has 1 aliphatic heterocycles. The van der Waals surface area contributed by atoms with E-state index in [0.29, 0.717) is 5.88 Å². The normalized spacial score (nSPS) is 17.9. The highest BCUT2D eigenvalue weighted by atomic mass is 16.5. The Bertz CT molecular complexity index is 322. The van der Waals surface area contributed by atoms with E-state index in [0.717, 1.165) is 31.7 Å². The summed E-state index contributed by atoms with van der Waals surface area (Å²) >= 11 is 0. The highest BCUT2D eigenvalue weighted by molar-refractivity contribution is 5.41. The standard InChI is InChI=1S/C11H16N2O2/c1-15-11-4-2-3-10(12-11)13-7-5-9(14)6-8-13/h2-4,9,14H,5-8H2,1H3. The Balaban J connectivity index is 2.08. The number of aliphatic hydroxyl groups is 1. The zero-order valence-electron chi connectivity index (χ0n) is 8.89. The van der Waals surface area contributed by atoms with E-state index in [1.165, 1.54) is 0 Å². The summed E-state index contributed by atoms with van der Waals surface area (Å²) in [5.74, 6) is 1.57. The summed E-state index contributed by atoms with van der Waals surface area (Å²) < 4.78 is 5.08. The van der Waals surface area contributed by atoms with Crippen LogP contribution in [0.2, 0.25) is 0 Å². The van der Waals surface area contributed by atoms with Gasteiger partial charge in [-0.3, -0.25) is 0 Å². The highest BCUT2D eigenvalue weighted by Gasteiger charge is 2.18. The zero-order valence-corrected chi connectivity index (χ0v) is 8.89. The molecule has 82 valence electrons. The van der Waals surface area contributed by atoms with Crippen molar-refractivity contribution in [3.63, 3.8) is 0 Å². The third-order valence-corrected chi connectivity index (χ3v) is 2.71. The molecule has 1 aliphatic rings. The van der Waals surface area contributed by atoms with Crippen LogP contribution in [0.1, 0.15) is 12.8 Å². The predicted octanol–water partition coefficient (Wildman–Crippen LogP) is 1.05. The molecule has 0 aromatic carbocycles. The number of rotatable bonds is 2. The maximum Gasteiger partial charge on any atom is 0.214 e. The average Bonchev–Trinajstić information content (AvgIpc) is 2.30. The number of hydrogen-bond donors (Lipinski definition) is 1. The van der Waals surface area contributed by atoms with Crippen molar-refractivity contribution in [2.45, 2.75) is 18.9 Å². The number of hydrogen-bond acceptors (Lipinski definition) is 4. The van der Waals surface area contributed by atoms with Crippen LogP contribution in [0.15, 0.2) is 18.2 Å². The van der Waals surface area contributed by atoms with E-state index < -0.39 is 0 Å². The lowest BCUT2D eigenvalue weighted by atomic mass is 10.1. The number of nitrogens with zero attached hydrogens (tertiary/aromatic N) is 2. The zero-order chi connectivity index (χ0) is 10.7. The van der Waals surface area contributed by atoms with E-state index in [1.54, 1.807) is 7.11 Å². The van der Waals surface area contributed by atoms with Crippen LogP contribution < -0.4 is 9.64 Å². The minimum atomic E-state index is -0.146. The molecule has 0 unspecified atom stereocenters. The quantitative estimate of drug-likeness (QED) is 0.789. The second-order valence-electron chi connectivity index (χ2n) is 3.76. The molecule has 0 aliphatic carbocycles. The van der Waals surface area contributed by atoms with Crippen molar-refractivity contribution >= 4 is 5.82 Å². The predicted molar refractivity (Wildman–Crippen MR) is 58.2 cm³/mol. The van der Waals surface area contributed by atoms with Crippen LogP contribution in [-0.2, 0) is 0 Å². The summed E-state index contributed by atoms with van der Waals surface area (Å²) in [4.78, 5) is 6.54. The van der Waals surface area contributed by atoms with Gasteiger partial charge in [0, 0.05) is 19.2 Å². The van der Waals surface area contributed by atoms with Gasteiger partial charge in [-0.2, -0.15) is 4.98 Å². The lowest BCUT2D eigenvalue weighted by Gasteiger charge is -2.30. The minimum Gasteiger partial charge on any atom is -0.481 e. The Morgan fingerprint density at radius 2 is 2.13 bits per heavy atom. The maximum absolute atomic E-state index is 9.40. The van der Waals surface area contributed by atoms with Crippen molar-refractivity contribution in [3.05, 3.63) is 18.2 Å². The Morgan fingerprint density at radius 3 is 2.80 bits per heavy atom. The molecule has 1 N–H and O–H groups in total. The largest absolute Gasteiger partial charge is 0.481 e. The topological polar surface area (TPSA) is 45.6 Å². The van der Waals surface area contributed by atoms with Crippen molar-refractivity contribution in [1.82, 2.24) is 4.98 Å². The average molecular weight is 208 g/mol. The van der Waals surface area contributed by atoms with Crippen LogP contribution in [0.5, 0.6) is 5.88 Å². The molecule has 0 spiro atoms. The first-order valence-corrected chi connectivity index (χ1v) is 5.23. The third-order valence-electron chi connectivity index (χ3n) is 2.71. The van der Waals surface area contributed by atoms with Gasteiger partial charge in [0.2, 0.25) is 5.88 Å².